The van der Waals surface area contributed by atoms with E-state index in [0.29, 0.717) is 5.92 Å². The summed E-state index contributed by atoms with van der Waals surface area (Å²) in [7, 11) is 0. The molecule has 34 heavy (non-hydrogen) atoms. The zero-order chi connectivity index (χ0) is 24.5. The fraction of sp³-hybridized carbons (Fsp3) is 0.556. The molecular formula is C27H30F6O. The summed E-state index contributed by atoms with van der Waals surface area (Å²) in [5.74, 6) is -0.226. The highest BCUT2D eigenvalue weighted by molar-refractivity contribution is 5.65. The lowest BCUT2D eigenvalue weighted by molar-refractivity contribution is -0.254. The Morgan fingerprint density at radius 2 is 1.65 bits per heavy atom. The number of halogens is 6. The lowest BCUT2D eigenvalue weighted by Gasteiger charge is -2.42. The zero-order valence-electron chi connectivity index (χ0n) is 19.2. The summed E-state index contributed by atoms with van der Waals surface area (Å²) in [4.78, 5) is 0. The monoisotopic (exact) mass is 484 g/mol. The van der Waals surface area contributed by atoms with Crippen molar-refractivity contribution in [2.75, 3.05) is 0 Å². The molecule has 4 rings (SSSR count). The smallest absolute Gasteiger partial charge is 0.425 e. The number of rotatable bonds is 7. The lowest BCUT2D eigenvalue weighted by Crippen LogP contribution is -2.33. The Balaban J connectivity index is 1.45. The second-order valence-corrected chi connectivity index (χ2v) is 9.85. The molecule has 4 atom stereocenters. The molecule has 0 bridgehead atoms. The van der Waals surface area contributed by atoms with E-state index in [4.69, 9.17) is 0 Å². The van der Waals surface area contributed by atoms with Crippen LogP contribution in [0.1, 0.15) is 69.8 Å². The Hall–Kier alpha value is -2.18. The van der Waals surface area contributed by atoms with Crippen LogP contribution in [0.3, 0.4) is 0 Å². The van der Waals surface area contributed by atoms with Crippen molar-refractivity contribution in [3.05, 3.63) is 53.6 Å². The molecule has 0 N–H and O–H groups in total. The van der Waals surface area contributed by atoms with E-state index in [-0.39, 0.29) is 17.0 Å². The number of ether oxygens (including phenoxy) is 1. The number of benzene rings is 2. The van der Waals surface area contributed by atoms with Crippen LogP contribution in [0, 0.1) is 29.4 Å². The highest BCUT2D eigenvalue weighted by Crippen LogP contribution is 2.48. The molecule has 2 aliphatic carbocycles. The predicted octanol–water partition coefficient (Wildman–Crippen LogP) is 8.97. The standard InChI is InChI=1S/C27H30F6O/c1-2-3-16-4-5-18-13-19(7-6-17(18)12-16)20-8-10-22(23(28)14-20)21-9-11-25(24(29)15-21)34-27(32,33)26(30)31/h8-11,14-19,26H,2-7,12-13H2,1H3. The van der Waals surface area contributed by atoms with Gasteiger partial charge in [-0.3, -0.25) is 0 Å². The Morgan fingerprint density at radius 1 is 0.912 bits per heavy atom. The number of alkyl halides is 4. The van der Waals surface area contributed by atoms with E-state index in [1.807, 2.05) is 6.07 Å². The van der Waals surface area contributed by atoms with Crippen molar-refractivity contribution in [3.63, 3.8) is 0 Å². The second-order valence-electron chi connectivity index (χ2n) is 9.85. The molecule has 0 heterocycles. The summed E-state index contributed by atoms with van der Waals surface area (Å²) in [5.41, 5.74) is 1.16. The lowest BCUT2D eigenvalue weighted by atomic mass is 9.63. The summed E-state index contributed by atoms with van der Waals surface area (Å²) < 4.78 is 83.8. The van der Waals surface area contributed by atoms with Crippen molar-refractivity contribution < 1.29 is 31.1 Å². The van der Waals surface area contributed by atoms with Crippen LogP contribution >= 0.6 is 0 Å². The van der Waals surface area contributed by atoms with E-state index < -0.39 is 29.9 Å². The third kappa shape index (κ3) is 5.38. The van der Waals surface area contributed by atoms with Gasteiger partial charge in [0.2, 0.25) is 0 Å². The molecule has 2 aromatic rings. The van der Waals surface area contributed by atoms with Crippen LogP contribution in [0.15, 0.2) is 36.4 Å². The number of hydrogen-bond acceptors (Lipinski definition) is 1. The van der Waals surface area contributed by atoms with Crippen molar-refractivity contribution in [2.45, 2.75) is 76.7 Å². The highest BCUT2D eigenvalue weighted by Gasteiger charge is 2.44. The molecule has 4 unspecified atom stereocenters. The Labute approximate surface area is 196 Å². The van der Waals surface area contributed by atoms with Crippen LogP contribution in [0.5, 0.6) is 5.75 Å². The van der Waals surface area contributed by atoms with E-state index in [0.717, 1.165) is 48.8 Å². The molecule has 0 amide bonds. The minimum Gasteiger partial charge on any atom is -0.425 e. The molecular weight excluding hydrogens is 454 g/mol. The van der Waals surface area contributed by atoms with Crippen molar-refractivity contribution in [2.24, 2.45) is 17.8 Å². The molecule has 7 heteroatoms. The molecule has 0 radical (unpaired) electrons. The molecule has 0 aliphatic heterocycles. The highest BCUT2D eigenvalue weighted by atomic mass is 19.3. The fourth-order valence-corrected chi connectivity index (χ4v) is 5.92. The molecule has 0 aromatic heterocycles. The van der Waals surface area contributed by atoms with E-state index in [1.54, 1.807) is 6.07 Å². The topological polar surface area (TPSA) is 9.23 Å². The van der Waals surface area contributed by atoms with Crippen LogP contribution in [0.25, 0.3) is 11.1 Å². The van der Waals surface area contributed by atoms with Gasteiger partial charge in [-0.1, -0.05) is 44.4 Å². The first-order valence-corrected chi connectivity index (χ1v) is 12.1. The van der Waals surface area contributed by atoms with Gasteiger partial charge in [0.05, 0.1) is 0 Å². The van der Waals surface area contributed by atoms with Crippen LogP contribution in [-0.4, -0.2) is 12.5 Å². The largest absolute Gasteiger partial charge is 0.461 e. The maximum Gasteiger partial charge on any atom is 0.461 e. The third-order valence-electron chi connectivity index (χ3n) is 7.63. The van der Waals surface area contributed by atoms with Gasteiger partial charge in [-0.15, -0.1) is 0 Å². The Morgan fingerprint density at radius 3 is 2.32 bits per heavy atom. The molecule has 2 saturated carbocycles. The fourth-order valence-electron chi connectivity index (χ4n) is 5.92. The van der Waals surface area contributed by atoms with E-state index in [1.165, 1.54) is 44.2 Å². The minimum atomic E-state index is -4.82. The van der Waals surface area contributed by atoms with Gasteiger partial charge in [0.15, 0.2) is 11.6 Å². The Bertz CT molecular complexity index is 991. The minimum absolute atomic E-state index is 0.114. The SMILES string of the molecule is CCCC1CCC2CC(c3ccc(-c4ccc(OC(F)(F)C(F)F)c(F)c4)c(F)c3)CCC2C1. The molecule has 1 nitrogen and oxygen atoms in total. The third-order valence-corrected chi connectivity index (χ3v) is 7.63. The van der Waals surface area contributed by atoms with Gasteiger partial charge < -0.3 is 4.74 Å². The zero-order valence-corrected chi connectivity index (χ0v) is 19.2. The molecule has 2 fully saturated rings. The molecule has 0 spiro atoms. The normalized spacial score (nSPS) is 25.3. The van der Waals surface area contributed by atoms with Crippen LogP contribution < -0.4 is 4.74 Å². The van der Waals surface area contributed by atoms with Crippen LogP contribution in [0.4, 0.5) is 26.3 Å². The van der Waals surface area contributed by atoms with Gasteiger partial charge in [-0.2, -0.15) is 17.6 Å². The van der Waals surface area contributed by atoms with Gasteiger partial charge in [0.25, 0.3) is 0 Å². The Kier molecular flexibility index (Phi) is 7.48. The quantitative estimate of drug-likeness (QED) is 0.356. The maximum atomic E-state index is 15.0. The van der Waals surface area contributed by atoms with Crippen LogP contribution in [0.2, 0.25) is 0 Å². The summed E-state index contributed by atoms with van der Waals surface area (Å²) in [6.07, 6.45) is 0.705. The number of hydrogen-bond donors (Lipinski definition) is 0. The first-order chi connectivity index (χ1) is 16.2. The van der Waals surface area contributed by atoms with Crippen LogP contribution in [-0.2, 0) is 0 Å². The molecule has 186 valence electrons. The van der Waals surface area contributed by atoms with E-state index in [2.05, 4.69) is 11.7 Å². The summed E-state index contributed by atoms with van der Waals surface area (Å²) in [6.45, 7) is 2.24. The molecule has 2 aromatic carbocycles. The van der Waals surface area contributed by atoms with E-state index >= 15 is 0 Å². The first-order valence-electron chi connectivity index (χ1n) is 12.1. The maximum absolute atomic E-state index is 15.0. The van der Waals surface area contributed by atoms with Gasteiger partial charge in [0.1, 0.15) is 5.82 Å². The van der Waals surface area contributed by atoms with Crippen molar-refractivity contribution in [1.29, 1.82) is 0 Å². The van der Waals surface area contributed by atoms with Gasteiger partial charge in [0, 0.05) is 5.56 Å². The van der Waals surface area contributed by atoms with Gasteiger partial charge in [-0.25, -0.2) is 8.78 Å². The van der Waals surface area contributed by atoms with Gasteiger partial charge >= 0.3 is 12.5 Å². The van der Waals surface area contributed by atoms with E-state index in [9.17, 15) is 26.3 Å². The average Bonchev–Trinajstić information content (AvgIpc) is 2.80. The summed E-state index contributed by atoms with van der Waals surface area (Å²) >= 11 is 0. The van der Waals surface area contributed by atoms with Crippen molar-refractivity contribution >= 4 is 0 Å². The first kappa shape index (κ1) is 24.9. The molecule has 0 saturated heterocycles. The van der Waals surface area contributed by atoms with Crippen molar-refractivity contribution in [1.82, 2.24) is 0 Å². The predicted molar refractivity (Wildman–Crippen MR) is 119 cm³/mol. The summed E-state index contributed by atoms with van der Waals surface area (Å²) in [5, 5.41) is 0. The second kappa shape index (κ2) is 10.2. The molecule has 2 aliphatic rings. The average molecular weight is 485 g/mol. The number of fused-ring (bicyclic) bond motifs is 1. The van der Waals surface area contributed by atoms with Crippen molar-refractivity contribution in [3.8, 4) is 16.9 Å². The van der Waals surface area contributed by atoms with Gasteiger partial charge in [-0.05, 0) is 85.1 Å². The summed E-state index contributed by atoms with van der Waals surface area (Å²) in [6, 6.07) is 7.70.